The Kier molecular flexibility index (Phi) is 4.17. The standard InChI is InChI=1S/C17H23N5O/c1-17(2,3)14-9-18-16(23)11-21(14)10-15-20-19-12-22(15)13-7-5-4-6-8-13/h4-8,12,14H,9-11H2,1-3H3,(H,18,23). The quantitative estimate of drug-likeness (QED) is 0.935. The second kappa shape index (κ2) is 6.12. The van der Waals surface area contributed by atoms with Crippen LogP contribution in [0.1, 0.15) is 26.6 Å². The molecule has 6 heteroatoms. The molecule has 1 N–H and O–H groups in total. The Balaban J connectivity index is 1.86. The molecule has 1 saturated heterocycles. The van der Waals surface area contributed by atoms with Crippen molar-refractivity contribution in [1.29, 1.82) is 0 Å². The van der Waals surface area contributed by atoms with Crippen LogP contribution in [0.15, 0.2) is 36.7 Å². The Morgan fingerprint density at radius 3 is 2.70 bits per heavy atom. The monoisotopic (exact) mass is 313 g/mol. The van der Waals surface area contributed by atoms with Crippen LogP contribution in [-0.2, 0) is 11.3 Å². The summed E-state index contributed by atoms with van der Waals surface area (Å²) < 4.78 is 1.98. The third-order valence-electron chi connectivity index (χ3n) is 4.28. The molecule has 2 heterocycles. The summed E-state index contributed by atoms with van der Waals surface area (Å²) in [5.74, 6) is 0.913. The van der Waals surface area contributed by atoms with E-state index < -0.39 is 0 Å². The maximum Gasteiger partial charge on any atom is 0.234 e. The van der Waals surface area contributed by atoms with E-state index in [-0.39, 0.29) is 17.4 Å². The molecule has 1 aliphatic rings. The SMILES string of the molecule is CC(C)(C)C1CNC(=O)CN1Cc1nncn1-c1ccccc1. The molecule has 6 nitrogen and oxygen atoms in total. The first-order chi connectivity index (χ1) is 10.9. The van der Waals surface area contributed by atoms with E-state index in [1.807, 2.05) is 34.9 Å². The molecule has 1 aromatic heterocycles. The van der Waals surface area contributed by atoms with Gasteiger partial charge in [0.2, 0.25) is 5.91 Å². The van der Waals surface area contributed by atoms with Gasteiger partial charge in [0.25, 0.3) is 0 Å². The zero-order chi connectivity index (χ0) is 16.4. The third kappa shape index (κ3) is 3.42. The number of carbonyl (C=O) groups is 1. The van der Waals surface area contributed by atoms with Gasteiger partial charge in [-0.2, -0.15) is 0 Å². The summed E-state index contributed by atoms with van der Waals surface area (Å²) in [6, 6.07) is 10.3. The van der Waals surface area contributed by atoms with Crippen LogP contribution in [0.3, 0.4) is 0 Å². The van der Waals surface area contributed by atoms with Crippen LogP contribution >= 0.6 is 0 Å². The Morgan fingerprint density at radius 2 is 2.00 bits per heavy atom. The Labute approximate surface area is 136 Å². The maximum atomic E-state index is 11.8. The molecule has 122 valence electrons. The molecule has 1 atom stereocenters. The highest BCUT2D eigenvalue weighted by Crippen LogP contribution is 2.27. The number of para-hydroxylation sites is 1. The Morgan fingerprint density at radius 1 is 1.26 bits per heavy atom. The second-order valence-corrected chi connectivity index (χ2v) is 7.04. The Hall–Kier alpha value is -2.21. The predicted molar refractivity (Wildman–Crippen MR) is 88.0 cm³/mol. The molecule has 1 amide bonds. The van der Waals surface area contributed by atoms with Crippen LogP contribution in [0.4, 0.5) is 0 Å². The third-order valence-corrected chi connectivity index (χ3v) is 4.28. The number of piperazine rings is 1. The lowest BCUT2D eigenvalue weighted by Gasteiger charge is -2.42. The number of benzene rings is 1. The highest BCUT2D eigenvalue weighted by Gasteiger charge is 2.35. The summed E-state index contributed by atoms with van der Waals surface area (Å²) in [7, 11) is 0. The van der Waals surface area contributed by atoms with Gasteiger partial charge in [-0.1, -0.05) is 39.0 Å². The molecule has 1 aliphatic heterocycles. The smallest absolute Gasteiger partial charge is 0.234 e. The van der Waals surface area contributed by atoms with Gasteiger partial charge in [0.1, 0.15) is 6.33 Å². The average Bonchev–Trinajstić information content (AvgIpc) is 2.95. The fourth-order valence-corrected chi connectivity index (χ4v) is 3.06. The number of rotatable bonds is 3. The first-order valence-corrected chi connectivity index (χ1v) is 7.90. The van der Waals surface area contributed by atoms with Crippen LogP contribution in [0, 0.1) is 5.41 Å². The first kappa shape index (κ1) is 15.7. The van der Waals surface area contributed by atoms with Crippen LogP contribution in [-0.4, -0.2) is 44.7 Å². The van der Waals surface area contributed by atoms with E-state index in [9.17, 15) is 4.79 Å². The fourth-order valence-electron chi connectivity index (χ4n) is 3.06. The van der Waals surface area contributed by atoms with E-state index in [2.05, 4.69) is 41.2 Å². The van der Waals surface area contributed by atoms with E-state index in [1.165, 1.54) is 0 Å². The zero-order valence-corrected chi connectivity index (χ0v) is 13.9. The fraction of sp³-hybridized carbons (Fsp3) is 0.471. The van der Waals surface area contributed by atoms with E-state index >= 15 is 0 Å². The zero-order valence-electron chi connectivity index (χ0n) is 13.9. The largest absolute Gasteiger partial charge is 0.353 e. The number of aromatic nitrogens is 3. The molecule has 1 unspecified atom stereocenters. The van der Waals surface area contributed by atoms with Crippen molar-refractivity contribution in [2.45, 2.75) is 33.4 Å². The van der Waals surface area contributed by atoms with E-state index in [0.717, 1.165) is 11.5 Å². The molecular weight excluding hydrogens is 290 g/mol. The van der Waals surface area contributed by atoms with Crippen molar-refractivity contribution in [1.82, 2.24) is 25.0 Å². The summed E-state index contributed by atoms with van der Waals surface area (Å²) in [6.45, 7) is 8.26. The summed E-state index contributed by atoms with van der Waals surface area (Å²) >= 11 is 0. The summed E-state index contributed by atoms with van der Waals surface area (Å²) in [5.41, 5.74) is 1.10. The molecule has 2 aromatic rings. The van der Waals surface area contributed by atoms with Crippen LogP contribution < -0.4 is 5.32 Å². The van der Waals surface area contributed by atoms with Gasteiger partial charge in [-0.25, -0.2) is 0 Å². The van der Waals surface area contributed by atoms with Gasteiger partial charge in [-0.05, 0) is 17.5 Å². The van der Waals surface area contributed by atoms with Crippen molar-refractivity contribution in [3.05, 3.63) is 42.5 Å². The van der Waals surface area contributed by atoms with Gasteiger partial charge in [-0.3, -0.25) is 14.3 Å². The molecule has 3 rings (SSSR count). The van der Waals surface area contributed by atoms with Crippen molar-refractivity contribution < 1.29 is 4.79 Å². The van der Waals surface area contributed by atoms with E-state index in [1.54, 1.807) is 6.33 Å². The second-order valence-electron chi connectivity index (χ2n) is 7.04. The number of nitrogens with zero attached hydrogens (tertiary/aromatic N) is 4. The molecule has 0 spiro atoms. The van der Waals surface area contributed by atoms with Crippen molar-refractivity contribution in [3.8, 4) is 5.69 Å². The molecule has 0 radical (unpaired) electrons. The van der Waals surface area contributed by atoms with Gasteiger partial charge < -0.3 is 5.32 Å². The minimum atomic E-state index is 0.0660. The lowest BCUT2D eigenvalue weighted by atomic mass is 9.84. The normalized spacial score (nSPS) is 19.6. The number of carbonyl (C=O) groups excluding carboxylic acids is 1. The minimum absolute atomic E-state index is 0.0660. The lowest BCUT2D eigenvalue weighted by molar-refractivity contribution is -0.127. The van der Waals surface area contributed by atoms with Crippen molar-refractivity contribution >= 4 is 5.91 Å². The molecule has 0 bridgehead atoms. The minimum Gasteiger partial charge on any atom is -0.353 e. The van der Waals surface area contributed by atoms with Gasteiger partial charge in [0.05, 0.1) is 13.1 Å². The van der Waals surface area contributed by atoms with Gasteiger partial charge >= 0.3 is 0 Å². The van der Waals surface area contributed by atoms with Crippen molar-refractivity contribution in [3.63, 3.8) is 0 Å². The number of nitrogens with one attached hydrogen (secondary N) is 1. The molecule has 0 saturated carbocycles. The van der Waals surface area contributed by atoms with Crippen LogP contribution in [0.25, 0.3) is 5.69 Å². The summed E-state index contributed by atoms with van der Waals surface area (Å²) in [5, 5.41) is 11.3. The van der Waals surface area contributed by atoms with Crippen molar-refractivity contribution in [2.24, 2.45) is 5.41 Å². The highest BCUT2D eigenvalue weighted by atomic mass is 16.2. The Bertz CT molecular complexity index is 674. The average molecular weight is 313 g/mol. The molecular formula is C17H23N5O. The van der Waals surface area contributed by atoms with Gasteiger partial charge in [-0.15, -0.1) is 10.2 Å². The van der Waals surface area contributed by atoms with Crippen LogP contribution in [0.2, 0.25) is 0 Å². The van der Waals surface area contributed by atoms with E-state index in [0.29, 0.717) is 19.6 Å². The lowest BCUT2D eigenvalue weighted by Crippen LogP contribution is -2.58. The van der Waals surface area contributed by atoms with E-state index in [4.69, 9.17) is 0 Å². The topological polar surface area (TPSA) is 63.1 Å². The van der Waals surface area contributed by atoms with Gasteiger partial charge in [0, 0.05) is 18.3 Å². The number of amides is 1. The molecule has 1 fully saturated rings. The molecule has 1 aromatic carbocycles. The molecule has 23 heavy (non-hydrogen) atoms. The number of hydrogen-bond acceptors (Lipinski definition) is 4. The van der Waals surface area contributed by atoms with Crippen LogP contribution in [0.5, 0.6) is 0 Å². The number of hydrogen-bond donors (Lipinski definition) is 1. The first-order valence-electron chi connectivity index (χ1n) is 7.90. The van der Waals surface area contributed by atoms with Crippen molar-refractivity contribution in [2.75, 3.05) is 13.1 Å². The summed E-state index contributed by atoms with van der Waals surface area (Å²) in [4.78, 5) is 14.0. The predicted octanol–water partition coefficient (Wildman–Crippen LogP) is 1.61. The summed E-state index contributed by atoms with van der Waals surface area (Å²) in [6.07, 6.45) is 1.72. The maximum absolute atomic E-state index is 11.8. The van der Waals surface area contributed by atoms with Gasteiger partial charge in [0.15, 0.2) is 5.82 Å². The molecule has 0 aliphatic carbocycles. The highest BCUT2D eigenvalue weighted by molar-refractivity contribution is 5.78.